The van der Waals surface area contributed by atoms with Crippen molar-refractivity contribution in [1.29, 1.82) is 0 Å². The van der Waals surface area contributed by atoms with Crippen LogP contribution in [0.15, 0.2) is 127 Å². The first-order valence-corrected chi connectivity index (χ1v) is 20.5. The normalized spacial score (nSPS) is 22.4. The van der Waals surface area contributed by atoms with Gasteiger partial charge in [0.1, 0.15) is 0 Å². The minimum Gasteiger partial charge on any atom is -0.310 e. The van der Waals surface area contributed by atoms with Gasteiger partial charge in [-0.2, -0.15) is 0 Å². The van der Waals surface area contributed by atoms with Crippen LogP contribution in [0.2, 0.25) is 0 Å². The number of fused-ring (bicyclic) bond motifs is 6. The zero-order chi connectivity index (χ0) is 34.6. The van der Waals surface area contributed by atoms with Gasteiger partial charge >= 0.3 is 0 Å². The van der Waals surface area contributed by atoms with Crippen LogP contribution in [-0.2, 0) is 18.3 Å². The summed E-state index contributed by atoms with van der Waals surface area (Å²) in [5.41, 5.74) is 15.2. The average molecular weight is 692 g/mol. The van der Waals surface area contributed by atoms with Gasteiger partial charge in [-0.1, -0.05) is 105 Å². The molecule has 256 valence electrons. The molecule has 2 fully saturated rings. The summed E-state index contributed by atoms with van der Waals surface area (Å²) in [6, 6.07) is 49.1. The van der Waals surface area contributed by atoms with Crippen molar-refractivity contribution in [2.45, 2.75) is 64.2 Å². The van der Waals surface area contributed by atoms with E-state index in [1.165, 1.54) is 127 Å². The van der Waals surface area contributed by atoms with E-state index in [0.29, 0.717) is 0 Å². The highest BCUT2D eigenvalue weighted by molar-refractivity contribution is 7.25. The number of anilines is 3. The Labute approximate surface area is 312 Å². The third kappa shape index (κ3) is 4.80. The van der Waals surface area contributed by atoms with Gasteiger partial charge in [0, 0.05) is 42.5 Å². The van der Waals surface area contributed by atoms with Gasteiger partial charge in [0.25, 0.3) is 0 Å². The maximum atomic E-state index is 2.61. The Morgan fingerprint density at radius 1 is 0.500 bits per heavy atom. The van der Waals surface area contributed by atoms with E-state index in [4.69, 9.17) is 0 Å². The van der Waals surface area contributed by atoms with E-state index in [-0.39, 0.29) is 5.41 Å². The van der Waals surface area contributed by atoms with E-state index in [0.717, 1.165) is 23.7 Å². The minimum atomic E-state index is -0.0755. The molecule has 0 aliphatic heterocycles. The van der Waals surface area contributed by atoms with Crippen LogP contribution in [0.25, 0.3) is 42.4 Å². The fraction of sp³-hybridized carbons (Fsp3) is 0.280. The monoisotopic (exact) mass is 691 g/mol. The van der Waals surface area contributed by atoms with E-state index in [1.807, 2.05) is 11.3 Å². The first-order chi connectivity index (χ1) is 25.5. The second-order valence-electron chi connectivity index (χ2n) is 17.0. The molecule has 2 unspecified atom stereocenters. The summed E-state index contributed by atoms with van der Waals surface area (Å²) < 4.78 is 2.69. The second kappa shape index (κ2) is 11.7. The molecular weight excluding hydrogens is 647 g/mol. The maximum Gasteiger partial charge on any atom is 0.0542 e. The number of benzene rings is 6. The van der Waals surface area contributed by atoms with E-state index in [1.54, 1.807) is 0 Å². The highest BCUT2D eigenvalue weighted by atomic mass is 32.1. The van der Waals surface area contributed by atoms with E-state index in [9.17, 15) is 0 Å². The van der Waals surface area contributed by atoms with Crippen molar-refractivity contribution < 1.29 is 0 Å². The summed E-state index contributed by atoms with van der Waals surface area (Å²) in [6.07, 6.45) is 9.47. The van der Waals surface area contributed by atoms with Gasteiger partial charge in [-0.25, -0.2) is 0 Å². The third-order valence-corrected chi connectivity index (χ3v) is 14.6. The zero-order valence-electron chi connectivity index (χ0n) is 30.2. The number of hydrogen-bond acceptors (Lipinski definition) is 2. The van der Waals surface area contributed by atoms with E-state index in [2.05, 4.69) is 146 Å². The van der Waals surface area contributed by atoms with Crippen molar-refractivity contribution in [3.63, 3.8) is 0 Å². The lowest BCUT2D eigenvalue weighted by atomic mass is 9.63. The van der Waals surface area contributed by atoms with Crippen LogP contribution in [0.5, 0.6) is 0 Å². The van der Waals surface area contributed by atoms with Gasteiger partial charge in [0.05, 0.1) is 5.69 Å². The number of hydrogen-bond donors (Lipinski definition) is 0. The molecule has 0 N–H and O–H groups in total. The van der Waals surface area contributed by atoms with Crippen molar-refractivity contribution in [1.82, 2.24) is 0 Å². The van der Waals surface area contributed by atoms with Crippen molar-refractivity contribution in [2.24, 2.45) is 23.7 Å². The molecule has 1 nitrogen and oxygen atoms in total. The van der Waals surface area contributed by atoms with Crippen LogP contribution in [0, 0.1) is 23.7 Å². The molecule has 0 radical (unpaired) electrons. The van der Waals surface area contributed by atoms with Crippen LogP contribution < -0.4 is 4.90 Å². The minimum absolute atomic E-state index is 0.0755. The summed E-state index contributed by atoms with van der Waals surface area (Å²) in [6.45, 7) is 4.81. The summed E-state index contributed by atoms with van der Waals surface area (Å²) in [7, 11) is 0. The van der Waals surface area contributed by atoms with Gasteiger partial charge in [0.2, 0.25) is 0 Å². The quantitative estimate of drug-likeness (QED) is 0.178. The van der Waals surface area contributed by atoms with Crippen LogP contribution in [-0.4, -0.2) is 0 Å². The molecule has 52 heavy (non-hydrogen) atoms. The maximum absolute atomic E-state index is 2.61. The molecule has 12 rings (SSSR count). The molecule has 2 heteroatoms. The van der Waals surface area contributed by atoms with Crippen molar-refractivity contribution in [3.05, 3.63) is 150 Å². The van der Waals surface area contributed by atoms with Crippen molar-refractivity contribution in [2.75, 3.05) is 4.90 Å². The predicted octanol–water partition coefficient (Wildman–Crippen LogP) is 14.0. The lowest BCUT2D eigenvalue weighted by molar-refractivity contribution is 0.0973. The van der Waals surface area contributed by atoms with Crippen molar-refractivity contribution in [3.8, 4) is 22.3 Å². The zero-order valence-corrected chi connectivity index (χ0v) is 31.1. The molecule has 0 amide bonds. The molecule has 6 aromatic carbocycles. The Morgan fingerprint density at radius 3 is 1.96 bits per heavy atom. The van der Waals surface area contributed by atoms with Gasteiger partial charge in [0.15, 0.2) is 0 Å². The SMILES string of the molecule is CC1(C)c2ccccc2-c2ccc(N(c3ccc4c(c3)sc3ccccc34)c3cccc4c3-c3ccccc3CC3CC5CC(C4)CC(C3)C5)cc21. The third-order valence-electron chi connectivity index (χ3n) is 13.5. The molecule has 4 bridgehead atoms. The van der Waals surface area contributed by atoms with E-state index >= 15 is 0 Å². The highest BCUT2D eigenvalue weighted by Crippen LogP contribution is 2.54. The van der Waals surface area contributed by atoms with Crippen LogP contribution >= 0.6 is 11.3 Å². The molecular formula is C50H45NS. The molecule has 1 heterocycles. The van der Waals surface area contributed by atoms with E-state index < -0.39 is 0 Å². The molecule has 2 atom stereocenters. The fourth-order valence-corrected chi connectivity index (χ4v) is 12.5. The van der Waals surface area contributed by atoms with Gasteiger partial charge in [-0.3, -0.25) is 0 Å². The smallest absolute Gasteiger partial charge is 0.0542 e. The summed E-state index contributed by atoms with van der Waals surface area (Å²) >= 11 is 1.91. The standard InChI is InChI=1S/C50H45NS/c1-50(2)44-15-7-5-13-40(44)41-20-18-37(29-45(41)50)51(38-19-21-43-42-14-6-8-17-47(42)52-48(43)30-38)46-16-9-11-36-28-34-25-31-22-32(26-34)24-33(23-31)27-35-10-3-4-12-39(35)49(36)46/h3-21,29-34H,22-28H2,1-2H3. The topological polar surface area (TPSA) is 3.24 Å². The molecule has 5 aliphatic rings. The van der Waals surface area contributed by atoms with Gasteiger partial charge in [-0.05, 0) is 144 Å². The lowest BCUT2D eigenvalue weighted by Gasteiger charge is -2.42. The van der Waals surface area contributed by atoms with Gasteiger partial charge in [-0.15, -0.1) is 11.3 Å². The Kier molecular flexibility index (Phi) is 6.94. The van der Waals surface area contributed by atoms with Crippen LogP contribution in [0.4, 0.5) is 17.1 Å². The Bertz CT molecular complexity index is 2520. The largest absolute Gasteiger partial charge is 0.310 e. The lowest BCUT2D eigenvalue weighted by Crippen LogP contribution is -2.32. The van der Waals surface area contributed by atoms with Gasteiger partial charge < -0.3 is 4.90 Å². The first kappa shape index (κ1) is 30.9. The number of nitrogens with zero attached hydrogens (tertiary/aromatic N) is 1. The molecule has 7 aromatic rings. The highest BCUT2D eigenvalue weighted by Gasteiger charge is 2.39. The summed E-state index contributed by atoms with van der Waals surface area (Å²) in [4.78, 5) is 2.61. The number of thiophene rings is 1. The molecule has 0 spiro atoms. The number of rotatable bonds is 3. The molecule has 2 saturated carbocycles. The Morgan fingerprint density at radius 2 is 1.12 bits per heavy atom. The van der Waals surface area contributed by atoms with Crippen LogP contribution in [0.3, 0.4) is 0 Å². The Balaban J connectivity index is 1.16. The van der Waals surface area contributed by atoms with Crippen molar-refractivity contribution >= 4 is 48.6 Å². The predicted molar refractivity (Wildman–Crippen MR) is 221 cm³/mol. The molecule has 1 aromatic heterocycles. The summed E-state index contributed by atoms with van der Waals surface area (Å²) in [5.74, 6) is 3.38. The Hall–Kier alpha value is -4.66. The second-order valence-corrected chi connectivity index (χ2v) is 18.1. The average Bonchev–Trinajstić information content (AvgIpc) is 3.62. The summed E-state index contributed by atoms with van der Waals surface area (Å²) in [5, 5.41) is 2.70. The fourth-order valence-electron chi connectivity index (χ4n) is 11.4. The first-order valence-electron chi connectivity index (χ1n) is 19.6. The molecule has 0 saturated heterocycles. The van der Waals surface area contributed by atoms with Crippen LogP contribution in [0.1, 0.15) is 68.2 Å². The molecule has 5 aliphatic carbocycles.